The van der Waals surface area contributed by atoms with E-state index in [0.717, 1.165) is 108 Å². The van der Waals surface area contributed by atoms with Crippen LogP contribution >= 0.6 is 15.6 Å². The molecule has 0 aliphatic heterocycles. The van der Waals surface area contributed by atoms with Crippen LogP contribution in [-0.4, -0.2) is 96.7 Å². The standard InChI is InChI=1S/C76H148O17P2/c1-7-10-12-14-16-18-28-36-42-48-54-60-75(80)92-71(64-86-73(78)58-52-46-40-17-15-13-11-8-2)66-90-94(82,83)88-62-70(77)63-89-95(84,85)91-67-72(93-76(81)61-55-49-43-37-32-27-21-19-20-24-29-33-38-44-50-56-68(4)5)65-87-74(79)59-53-47-41-35-31-26-23-22-25-30-34-39-45-51-57-69(6)9-3/h68-72,77H,7-67H2,1-6H3,(H,82,83)(H,84,85)/t69?,70-,71+,72+/m0/s1. The average Bonchev–Trinajstić information content (AvgIpc) is 1.95. The minimum absolute atomic E-state index is 0.107. The third-order valence-electron chi connectivity index (χ3n) is 18.1. The molecule has 6 atom stereocenters. The van der Waals surface area contributed by atoms with Crippen LogP contribution in [-0.2, 0) is 65.4 Å². The molecule has 0 saturated carbocycles. The molecule has 19 heteroatoms. The summed E-state index contributed by atoms with van der Waals surface area (Å²) < 4.78 is 68.4. The van der Waals surface area contributed by atoms with Gasteiger partial charge in [-0.15, -0.1) is 0 Å². The van der Waals surface area contributed by atoms with Crippen molar-refractivity contribution in [2.24, 2.45) is 11.8 Å². The molecule has 0 rings (SSSR count). The van der Waals surface area contributed by atoms with Crippen molar-refractivity contribution >= 4 is 39.5 Å². The normalized spacial score (nSPS) is 14.3. The van der Waals surface area contributed by atoms with Crippen molar-refractivity contribution in [1.82, 2.24) is 0 Å². The van der Waals surface area contributed by atoms with Crippen molar-refractivity contribution in [3.05, 3.63) is 0 Å². The van der Waals surface area contributed by atoms with Gasteiger partial charge in [-0.1, -0.05) is 343 Å². The molecular weight excluding hydrogens is 1250 g/mol. The molecule has 0 aliphatic carbocycles. The predicted octanol–water partition coefficient (Wildman–Crippen LogP) is 22.3. The van der Waals surface area contributed by atoms with Gasteiger partial charge in [0.05, 0.1) is 26.4 Å². The van der Waals surface area contributed by atoms with E-state index >= 15 is 0 Å². The van der Waals surface area contributed by atoms with Gasteiger partial charge in [0.25, 0.3) is 0 Å². The van der Waals surface area contributed by atoms with Crippen LogP contribution in [0.5, 0.6) is 0 Å². The van der Waals surface area contributed by atoms with Crippen molar-refractivity contribution < 1.29 is 80.2 Å². The number of hydrogen-bond donors (Lipinski definition) is 3. The van der Waals surface area contributed by atoms with Gasteiger partial charge in [-0.3, -0.25) is 37.3 Å². The summed E-state index contributed by atoms with van der Waals surface area (Å²) in [4.78, 5) is 72.7. The van der Waals surface area contributed by atoms with Crippen LogP contribution < -0.4 is 0 Å². The van der Waals surface area contributed by atoms with Gasteiger partial charge in [-0.25, -0.2) is 9.13 Å². The number of hydrogen-bond acceptors (Lipinski definition) is 15. The van der Waals surface area contributed by atoms with Gasteiger partial charge < -0.3 is 33.8 Å². The number of aliphatic hydroxyl groups is 1. The Morgan fingerprint density at radius 2 is 0.537 bits per heavy atom. The van der Waals surface area contributed by atoms with Crippen molar-refractivity contribution in [3.63, 3.8) is 0 Å². The number of esters is 4. The molecule has 564 valence electrons. The number of rotatable bonds is 75. The Hall–Kier alpha value is -1.94. The molecule has 0 fully saturated rings. The number of carbonyl (C=O) groups excluding carboxylic acids is 4. The number of phosphoric ester groups is 2. The lowest BCUT2D eigenvalue weighted by atomic mass is 9.99. The van der Waals surface area contributed by atoms with Crippen LogP contribution in [0.2, 0.25) is 0 Å². The fourth-order valence-electron chi connectivity index (χ4n) is 11.6. The fraction of sp³-hybridized carbons (Fsp3) is 0.947. The van der Waals surface area contributed by atoms with E-state index in [0.29, 0.717) is 25.7 Å². The Balaban J connectivity index is 5.20. The van der Waals surface area contributed by atoms with Crippen LogP contribution in [0.3, 0.4) is 0 Å². The molecule has 0 aromatic rings. The minimum Gasteiger partial charge on any atom is -0.462 e. The summed E-state index contributed by atoms with van der Waals surface area (Å²) in [6.07, 6.45) is 55.4. The van der Waals surface area contributed by atoms with E-state index in [2.05, 4.69) is 41.5 Å². The largest absolute Gasteiger partial charge is 0.472 e. The van der Waals surface area contributed by atoms with Crippen molar-refractivity contribution in [1.29, 1.82) is 0 Å². The topological polar surface area (TPSA) is 237 Å². The third-order valence-corrected chi connectivity index (χ3v) is 20.0. The van der Waals surface area contributed by atoms with Crippen molar-refractivity contribution in [2.45, 2.75) is 413 Å². The molecule has 17 nitrogen and oxygen atoms in total. The van der Waals surface area contributed by atoms with Gasteiger partial charge in [0, 0.05) is 25.7 Å². The molecule has 0 heterocycles. The van der Waals surface area contributed by atoms with E-state index in [1.165, 1.54) is 205 Å². The zero-order chi connectivity index (χ0) is 70.0. The Kier molecular flexibility index (Phi) is 66.5. The second kappa shape index (κ2) is 67.9. The molecule has 0 bridgehead atoms. The Morgan fingerprint density at radius 3 is 0.800 bits per heavy atom. The minimum atomic E-state index is -4.96. The van der Waals surface area contributed by atoms with Crippen LogP contribution in [0.1, 0.15) is 395 Å². The molecule has 0 spiro atoms. The number of phosphoric acid groups is 2. The quantitative estimate of drug-likeness (QED) is 0.0222. The first-order valence-electron chi connectivity index (χ1n) is 39.5. The highest BCUT2D eigenvalue weighted by Crippen LogP contribution is 2.45. The van der Waals surface area contributed by atoms with E-state index in [1.54, 1.807) is 0 Å². The number of carbonyl (C=O) groups is 4. The highest BCUT2D eigenvalue weighted by Gasteiger charge is 2.30. The molecule has 0 amide bonds. The lowest BCUT2D eigenvalue weighted by Crippen LogP contribution is -2.30. The first-order valence-corrected chi connectivity index (χ1v) is 42.5. The molecule has 3 N–H and O–H groups in total. The average molecular weight is 1400 g/mol. The van der Waals surface area contributed by atoms with Crippen molar-refractivity contribution in [2.75, 3.05) is 39.6 Å². The molecule has 0 saturated heterocycles. The van der Waals surface area contributed by atoms with Crippen LogP contribution in [0, 0.1) is 11.8 Å². The Morgan fingerprint density at radius 1 is 0.305 bits per heavy atom. The number of ether oxygens (including phenoxy) is 4. The highest BCUT2D eigenvalue weighted by molar-refractivity contribution is 7.47. The summed E-state index contributed by atoms with van der Waals surface area (Å²) >= 11 is 0. The van der Waals surface area contributed by atoms with Crippen LogP contribution in [0.25, 0.3) is 0 Å². The third kappa shape index (κ3) is 69.0. The lowest BCUT2D eigenvalue weighted by Gasteiger charge is -2.21. The van der Waals surface area contributed by atoms with Crippen molar-refractivity contribution in [3.8, 4) is 0 Å². The number of unbranched alkanes of at least 4 members (excludes halogenated alkanes) is 44. The maximum atomic E-state index is 13.1. The highest BCUT2D eigenvalue weighted by atomic mass is 31.2. The summed E-state index contributed by atoms with van der Waals surface area (Å²) in [6.45, 7) is 9.65. The zero-order valence-corrected chi connectivity index (χ0v) is 63.8. The second-order valence-corrected chi connectivity index (χ2v) is 31.0. The maximum absolute atomic E-state index is 13.1. The summed E-state index contributed by atoms with van der Waals surface area (Å²) in [5, 5.41) is 10.6. The SMILES string of the molecule is CCCCCCCCCCCCCC(=O)O[C@H](COC(=O)CCCCCCCCCC)COP(=O)(O)OC[C@H](O)COP(=O)(O)OC[C@@H](COC(=O)CCCCCCCCCCCCCCCCC(C)CC)OC(=O)CCCCCCCCCCCCCCCCCC(C)C. The lowest BCUT2D eigenvalue weighted by molar-refractivity contribution is -0.161. The van der Waals surface area contributed by atoms with Gasteiger partial charge in [0.15, 0.2) is 12.2 Å². The maximum Gasteiger partial charge on any atom is 0.472 e. The van der Waals surface area contributed by atoms with E-state index in [9.17, 15) is 43.2 Å². The molecule has 95 heavy (non-hydrogen) atoms. The first kappa shape index (κ1) is 93.1. The number of aliphatic hydroxyl groups excluding tert-OH is 1. The second-order valence-electron chi connectivity index (χ2n) is 28.1. The van der Waals surface area contributed by atoms with Gasteiger partial charge in [-0.05, 0) is 37.5 Å². The molecule has 3 unspecified atom stereocenters. The zero-order valence-electron chi connectivity index (χ0n) is 62.0. The molecule has 0 aliphatic rings. The summed E-state index contributed by atoms with van der Waals surface area (Å²) in [7, 11) is -9.91. The molecule has 0 aromatic heterocycles. The van der Waals surface area contributed by atoms with E-state index in [1.807, 2.05) is 0 Å². The van der Waals surface area contributed by atoms with Gasteiger partial charge in [-0.2, -0.15) is 0 Å². The fourth-order valence-corrected chi connectivity index (χ4v) is 13.2. The monoisotopic (exact) mass is 1400 g/mol. The van der Waals surface area contributed by atoms with E-state index in [-0.39, 0.29) is 25.7 Å². The first-order chi connectivity index (χ1) is 45.9. The summed E-state index contributed by atoms with van der Waals surface area (Å²) in [5.41, 5.74) is 0. The molecule has 0 aromatic carbocycles. The molecule has 0 radical (unpaired) electrons. The van der Waals surface area contributed by atoms with E-state index < -0.39 is 97.5 Å². The summed E-state index contributed by atoms with van der Waals surface area (Å²) in [6, 6.07) is 0. The Labute approximate surface area is 581 Å². The Bertz CT molecular complexity index is 1840. The van der Waals surface area contributed by atoms with Gasteiger partial charge in [0.2, 0.25) is 0 Å². The van der Waals surface area contributed by atoms with Crippen LogP contribution in [0.15, 0.2) is 0 Å². The summed E-state index contributed by atoms with van der Waals surface area (Å²) in [5.74, 6) is -0.465. The van der Waals surface area contributed by atoms with E-state index in [4.69, 9.17) is 37.0 Å². The van der Waals surface area contributed by atoms with Gasteiger partial charge >= 0.3 is 39.5 Å². The molecular formula is C76H148O17P2. The predicted molar refractivity (Wildman–Crippen MR) is 386 cm³/mol. The van der Waals surface area contributed by atoms with Gasteiger partial charge in [0.1, 0.15) is 19.3 Å². The smallest absolute Gasteiger partial charge is 0.462 e. The van der Waals surface area contributed by atoms with Crippen LogP contribution in [0.4, 0.5) is 0 Å².